The summed E-state index contributed by atoms with van der Waals surface area (Å²) in [6.07, 6.45) is 0. The van der Waals surface area contributed by atoms with E-state index >= 15 is 0 Å². The van der Waals surface area contributed by atoms with Gasteiger partial charge >= 0.3 is 5.97 Å². The van der Waals surface area contributed by atoms with Gasteiger partial charge in [-0.05, 0) is 12.1 Å². The van der Waals surface area contributed by atoms with Crippen molar-refractivity contribution in [1.82, 2.24) is 19.3 Å². The fourth-order valence-corrected chi connectivity index (χ4v) is 3.90. The Bertz CT molecular complexity index is 1020. The van der Waals surface area contributed by atoms with Gasteiger partial charge in [0.2, 0.25) is 11.9 Å². The first-order valence-corrected chi connectivity index (χ1v) is 9.13. The van der Waals surface area contributed by atoms with E-state index in [4.69, 9.17) is 10.5 Å². The van der Waals surface area contributed by atoms with E-state index in [-0.39, 0.29) is 34.8 Å². The zero-order valence-corrected chi connectivity index (χ0v) is 15.3. The van der Waals surface area contributed by atoms with Crippen molar-refractivity contribution in [3.05, 3.63) is 35.7 Å². The predicted molar refractivity (Wildman–Crippen MR) is 93.0 cm³/mol. The van der Waals surface area contributed by atoms with Crippen LogP contribution in [0.3, 0.4) is 0 Å². The van der Waals surface area contributed by atoms with Crippen molar-refractivity contribution < 1.29 is 22.7 Å². The summed E-state index contributed by atoms with van der Waals surface area (Å²) in [6.45, 7) is -1.10. The standard InChI is InChI=1S/C15H16N6O5S/c1-20(2)15-18-11(17-14(16)19-15)8-26-12(22)7-21-13(23)9-5-3-4-6-10(9)27(21,24)25/h3-6H,7-8H2,1-2H3,(H2,16,17,18,19). The number of amides is 1. The summed E-state index contributed by atoms with van der Waals surface area (Å²) in [7, 11) is -0.682. The van der Waals surface area contributed by atoms with Gasteiger partial charge in [0.05, 0.1) is 5.56 Å². The fourth-order valence-electron chi connectivity index (χ4n) is 2.38. The predicted octanol–water partition coefficient (Wildman–Crippen LogP) is -0.592. The molecule has 1 aromatic carbocycles. The minimum atomic E-state index is -4.08. The van der Waals surface area contributed by atoms with Crippen molar-refractivity contribution in [3.8, 4) is 0 Å². The van der Waals surface area contributed by atoms with Gasteiger partial charge in [-0.1, -0.05) is 12.1 Å². The number of ether oxygens (including phenoxy) is 1. The van der Waals surface area contributed by atoms with Crippen molar-refractivity contribution >= 4 is 33.8 Å². The van der Waals surface area contributed by atoms with Gasteiger partial charge in [0.15, 0.2) is 12.4 Å². The molecule has 2 aromatic rings. The zero-order valence-electron chi connectivity index (χ0n) is 14.5. The number of nitrogens with two attached hydrogens (primary N) is 1. The molecule has 1 aliphatic rings. The summed E-state index contributed by atoms with van der Waals surface area (Å²) in [5.41, 5.74) is 5.60. The molecule has 2 N–H and O–H groups in total. The van der Waals surface area contributed by atoms with Crippen LogP contribution >= 0.6 is 0 Å². The van der Waals surface area contributed by atoms with Crippen LogP contribution in [0, 0.1) is 0 Å². The number of sulfonamides is 1. The van der Waals surface area contributed by atoms with E-state index < -0.39 is 28.4 Å². The molecule has 1 aliphatic heterocycles. The molecule has 3 rings (SSSR count). The lowest BCUT2D eigenvalue weighted by molar-refractivity contribution is -0.145. The Morgan fingerprint density at radius 3 is 2.59 bits per heavy atom. The van der Waals surface area contributed by atoms with Gasteiger partial charge in [-0.15, -0.1) is 0 Å². The molecule has 0 aliphatic carbocycles. The average Bonchev–Trinajstić information content (AvgIpc) is 2.81. The smallest absolute Gasteiger partial charge is 0.327 e. The van der Waals surface area contributed by atoms with Gasteiger partial charge in [0.25, 0.3) is 15.9 Å². The topological polar surface area (TPSA) is 149 Å². The number of hydrogen-bond donors (Lipinski definition) is 1. The van der Waals surface area contributed by atoms with Crippen LogP contribution in [0.15, 0.2) is 29.2 Å². The minimum Gasteiger partial charge on any atom is -0.456 e. The molecular formula is C15H16N6O5S. The molecule has 11 nitrogen and oxygen atoms in total. The second-order valence-corrected chi connectivity index (χ2v) is 7.61. The van der Waals surface area contributed by atoms with Crippen molar-refractivity contribution in [2.24, 2.45) is 0 Å². The summed E-state index contributed by atoms with van der Waals surface area (Å²) >= 11 is 0. The van der Waals surface area contributed by atoms with Crippen molar-refractivity contribution in [1.29, 1.82) is 0 Å². The molecule has 2 heterocycles. The fraction of sp³-hybridized carbons (Fsp3) is 0.267. The highest BCUT2D eigenvalue weighted by molar-refractivity contribution is 7.90. The Morgan fingerprint density at radius 2 is 1.93 bits per heavy atom. The van der Waals surface area contributed by atoms with Gasteiger partial charge in [-0.2, -0.15) is 15.0 Å². The van der Waals surface area contributed by atoms with E-state index in [0.717, 1.165) is 0 Å². The Kier molecular flexibility index (Phi) is 4.66. The lowest BCUT2D eigenvalue weighted by Crippen LogP contribution is -2.35. The largest absolute Gasteiger partial charge is 0.456 e. The van der Waals surface area contributed by atoms with Crippen molar-refractivity contribution in [2.45, 2.75) is 11.5 Å². The molecule has 0 spiro atoms. The SMILES string of the molecule is CN(C)c1nc(N)nc(COC(=O)CN2C(=O)c3ccccc3S2(=O)=O)n1. The highest BCUT2D eigenvalue weighted by Crippen LogP contribution is 2.29. The maximum Gasteiger partial charge on any atom is 0.327 e. The quantitative estimate of drug-likeness (QED) is 0.654. The van der Waals surface area contributed by atoms with E-state index in [1.165, 1.54) is 18.2 Å². The summed E-state index contributed by atoms with van der Waals surface area (Å²) in [6, 6.07) is 5.74. The summed E-state index contributed by atoms with van der Waals surface area (Å²) in [4.78, 5) is 37.6. The molecule has 12 heteroatoms. The maximum atomic E-state index is 12.4. The van der Waals surface area contributed by atoms with E-state index in [2.05, 4.69) is 15.0 Å². The van der Waals surface area contributed by atoms with Crippen LogP contribution in [0.5, 0.6) is 0 Å². The highest BCUT2D eigenvalue weighted by atomic mass is 32.2. The Morgan fingerprint density at radius 1 is 1.22 bits per heavy atom. The van der Waals surface area contributed by atoms with Crippen LogP contribution in [-0.2, 0) is 26.2 Å². The highest BCUT2D eigenvalue weighted by Gasteiger charge is 2.42. The summed E-state index contributed by atoms with van der Waals surface area (Å²) in [5, 5.41) is 0. The van der Waals surface area contributed by atoms with Crippen molar-refractivity contribution in [2.75, 3.05) is 31.3 Å². The number of carbonyl (C=O) groups is 2. The number of esters is 1. The van der Waals surface area contributed by atoms with Gasteiger partial charge in [0, 0.05) is 14.1 Å². The molecule has 0 radical (unpaired) electrons. The van der Waals surface area contributed by atoms with Crippen LogP contribution in [-0.4, -0.2) is 60.2 Å². The third-order valence-corrected chi connectivity index (χ3v) is 5.42. The number of rotatable bonds is 5. The molecule has 27 heavy (non-hydrogen) atoms. The van der Waals surface area contributed by atoms with Crippen LogP contribution in [0.2, 0.25) is 0 Å². The minimum absolute atomic E-state index is 0.0196. The van der Waals surface area contributed by atoms with Crippen LogP contribution in [0.4, 0.5) is 11.9 Å². The molecule has 0 atom stereocenters. The number of carbonyl (C=O) groups excluding carboxylic acids is 2. The zero-order chi connectivity index (χ0) is 19.8. The Labute approximate surface area is 154 Å². The van der Waals surface area contributed by atoms with Gasteiger partial charge in [-0.25, -0.2) is 12.7 Å². The van der Waals surface area contributed by atoms with E-state index in [0.29, 0.717) is 4.31 Å². The number of hydrogen-bond acceptors (Lipinski definition) is 10. The normalized spacial score (nSPS) is 14.7. The molecule has 0 unspecified atom stereocenters. The Balaban J connectivity index is 1.70. The monoisotopic (exact) mass is 392 g/mol. The van der Waals surface area contributed by atoms with E-state index in [1.54, 1.807) is 25.1 Å². The number of benzene rings is 1. The Hall–Kier alpha value is -3.28. The number of nitrogens with zero attached hydrogens (tertiary/aromatic N) is 5. The lowest BCUT2D eigenvalue weighted by atomic mass is 10.2. The maximum absolute atomic E-state index is 12.4. The third kappa shape index (κ3) is 3.51. The molecule has 1 amide bonds. The number of anilines is 2. The molecule has 1 aromatic heterocycles. The van der Waals surface area contributed by atoms with Gasteiger partial charge in [0.1, 0.15) is 11.4 Å². The summed E-state index contributed by atoms with van der Waals surface area (Å²) < 4.78 is 30.3. The molecule has 0 bridgehead atoms. The third-order valence-electron chi connectivity index (χ3n) is 3.63. The first kappa shape index (κ1) is 18.5. The molecule has 0 saturated heterocycles. The van der Waals surface area contributed by atoms with E-state index in [9.17, 15) is 18.0 Å². The number of nitrogen functional groups attached to an aromatic ring is 1. The molecular weight excluding hydrogens is 376 g/mol. The second kappa shape index (κ2) is 6.79. The first-order chi connectivity index (χ1) is 12.7. The van der Waals surface area contributed by atoms with Crippen molar-refractivity contribution in [3.63, 3.8) is 0 Å². The first-order valence-electron chi connectivity index (χ1n) is 7.69. The van der Waals surface area contributed by atoms with Crippen LogP contribution < -0.4 is 10.6 Å². The molecule has 0 fully saturated rings. The number of fused-ring (bicyclic) bond motifs is 1. The molecule has 142 valence electrons. The van der Waals surface area contributed by atoms with Gasteiger partial charge in [-0.3, -0.25) is 9.59 Å². The van der Waals surface area contributed by atoms with Crippen LogP contribution in [0.25, 0.3) is 0 Å². The van der Waals surface area contributed by atoms with Gasteiger partial charge < -0.3 is 15.4 Å². The van der Waals surface area contributed by atoms with E-state index in [1.807, 2.05) is 0 Å². The summed E-state index contributed by atoms with van der Waals surface area (Å²) in [5.74, 6) is -1.38. The lowest BCUT2D eigenvalue weighted by Gasteiger charge is -2.14. The second-order valence-electron chi connectivity index (χ2n) is 5.78. The molecule has 0 saturated carbocycles. The van der Waals surface area contributed by atoms with Crippen LogP contribution in [0.1, 0.15) is 16.2 Å². The average molecular weight is 392 g/mol. The number of aromatic nitrogens is 3.